The molecule has 0 saturated carbocycles. The van der Waals surface area contributed by atoms with E-state index >= 15 is 0 Å². The van der Waals surface area contributed by atoms with E-state index in [2.05, 4.69) is 20.2 Å². The van der Waals surface area contributed by atoms with E-state index in [0.29, 0.717) is 24.6 Å². The molecule has 0 amide bonds. The van der Waals surface area contributed by atoms with Crippen LogP contribution in [0.15, 0.2) is 36.5 Å². The molecular formula is C18H21F3N4. The second-order valence-corrected chi connectivity index (χ2v) is 6.40. The van der Waals surface area contributed by atoms with Crippen molar-refractivity contribution in [2.75, 3.05) is 18.4 Å². The standard InChI is InChI=1S/C18H21F3N4/c1-13-8-9-22-17(23-13)24-15-6-4-10-25(12-15)11-14-5-2-3-7-16(14)18(19,20)21/h2-3,5,7-9,15H,4,6,10-12H2,1H3,(H,22,23,24). The van der Waals surface area contributed by atoms with Gasteiger partial charge in [0, 0.05) is 31.0 Å². The number of nitrogens with one attached hydrogen (secondary N) is 1. The number of rotatable bonds is 4. The minimum Gasteiger partial charge on any atom is -0.350 e. The van der Waals surface area contributed by atoms with E-state index in [-0.39, 0.29) is 6.04 Å². The summed E-state index contributed by atoms with van der Waals surface area (Å²) in [5.74, 6) is 0.572. The van der Waals surface area contributed by atoms with Gasteiger partial charge in [-0.2, -0.15) is 13.2 Å². The quantitative estimate of drug-likeness (QED) is 0.909. The number of hydrogen-bond acceptors (Lipinski definition) is 4. The molecule has 0 spiro atoms. The molecule has 1 aliphatic rings. The van der Waals surface area contributed by atoms with E-state index < -0.39 is 11.7 Å². The smallest absolute Gasteiger partial charge is 0.350 e. The van der Waals surface area contributed by atoms with Crippen molar-refractivity contribution < 1.29 is 13.2 Å². The second-order valence-electron chi connectivity index (χ2n) is 6.40. The summed E-state index contributed by atoms with van der Waals surface area (Å²) in [7, 11) is 0. The van der Waals surface area contributed by atoms with Crippen molar-refractivity contribution in [2.24, 2.45) is 0 Å². The van der Waals surface area contributed by atoms with Crippen molar-refractivity contribution in [2.45, 2.75) is 38.5 Å². The Morgan fingerprint density at radius 2 is 2.04 bits per heavy atom. The summed E-state index contributed by atoms with van der Waals surface area (Å²) in [6.45, 7) is 3.65. The fourth-order valence-electron chi connectivity index (χ4n) is 3.19. The Bertz CT molecular complexity index is 717. The summed E-state index contributed by atoms with van der Waals surface area (Å²) >= 11 is 0. The zero-order valence-corrected chi connectivity index (χ0v) is 14.1. The highest BCUT2D eigenvalue weighted by Crippen LogP contribution is 2.32. The topological polar surface area (TPSA) is 41.1 Å². The first-order valence-electron chi connectivity index (χ1n) is 8.35. The van der Waals surface area contributed by atoms with Crippen LogP contribution in [0.3, 0.4) is 0 Å². The van der Waals surface area contributed by atoms with Gasteiger partial charge in [0.25, 0.3) is 0 Å². The average molecular weight is 350 g/mol. The Morgan fingerprint density at radius 3 is 2.80 bits per heavy atom. The van der Waals surface area contributed by atoms with Crippen LogP contribution < -0.4 is 5.32 Å². The monoisotopic (exact) mass is 350 g/mol. The summed E-state index contributed by atoms with van der Waals surface area (Å²) < 4.78 is 39.5. The predicted octanol–water partition coefficient (Wildman–Crippen LogP) is 3.88. The van der Waals surface area contributed by atoms with Gasteiger partial charge in [-0.05, 0) is 44.0 Å². The number of aromatic nitrogens is 2. The van der Waals surface area contributed by atoms with Gasteiger partial charge in [0.05, 0.1) is 5.56 Å². The summed E-state index contributed by atoms with van der Waals surface area (Å²) in [5.41, 5.74) is 0.652. The van der Waals surface area contributed by atoms with Gasteiger partial charge in [0.2, 0.25) is 5.95 Å². The van der Waals surface area contributed by atoms with Crippen LogP contribution in [0.25, 0.3) is 0 Å². The Hall–Kier alpha value is -2.15. The maximum absolute atomic E-state index is 13.2. The molecule has 1 aromatic carbocycles. The van der Waals surface area contributed by atoms with Crippen LogP contribution >= 0.6 is 0 Å². The first-order valence-corrected chi connectivity index (χ1v) is 8.35. The van der Waals surface area contributed by atoms with E-state index in [1.165, 1.54) is 6.07 Å². The van der Waals surface area contributed by atoms with E-state index in [9.17, 15) is 13.2 Å². The SMILES string of the molecule is Cc1ccnc(NC2CCCN(Cc3ccccc3C(F)(F)F)C2)n1. The number of benzene rings is 1. The van der Waals surface area contributed by atoms with Gasteiger partial charge in [0.1, 0.15) is 0 Å². The highest BCUT2D eigenvalue weighted by molar-refractivity contribution is 5.30. The van der Waals surface area contributed by atoms with Crippen LogP contribution in [0.5, 0.6) is 0 Å². The summed E-state index contributed by atoms with van der Waals surface area (Å²) in [4.78, 5) is 10.6. The van der Waals surface area contributed by atoms with Gasteiger partial charge in [-0.1, -0.05) is 18.2 Å². The number of piperidine rings is 1. The molecule has 0 bridgehead atoms. The zero-order valence-electron chi connectivity index (χ0n) is 14.1. The van der Waals surface area contributed by atoms with Crippen molar-refractivity contribution in [3.8, 4) is 0 Å². The molecule has 2 aromatic rings. The molecule has 1 N–H and O–H groups in total. The van der Waals surface area contributed by atoms with Gasteiger partial charge < -0.3 is 5.32 Å². The molecule has 1 fully saturated rings. The number of halogens is 3. The highest BCUT2D eigenvalue weighted by Gasteiger charge is 2.33. The third kappa shape index (κ3) is 4.69. The van der Waals surface area contributed by atoms with Crippen LogP contribution in [0.1, 0.15) is 29.7 Å². The largest absolute Gasteiger partial charge is 0.416 e. The van der Waals surface area contributed by atoms with Crippen molar-refractivity contribution >= 4 is 5.95 Å². The second kappa shape index (κ2) is 7.39. The third-order valence-corrected chi connectivity index (χ3v) is 4.35. The lowest BCUT2D eigenvalue weighted by atomic mass is 10.0. The molecule has 1 atom stereocenters. The van der Waals surface area contributed by atoms with Gasteiger partial charge in [-0.3, -0.25) is 4.90 Å². The Morgan fingerprint density at radius 1 is 1.24 bits per heavy atom. The summed E-state index contributed by atoms with van der Waals surface area (Å²) in [6, 6.07) is 7.76. The number of anilines is 1. The van der Waals surface area contributed by atoms with E-state index in [4.69, 9.17) is 0 Å². The first kappa shape index (κ1) is 17.7. The normalized spacial score (nSPS) is 19.0. The number of nitrogens with zero attached hydrogens (tertiary/aromatic N) is 3. The number of aryl methyl sites for hydroxylation is 1. The van der Waals surface area contributed by atoms with E-state index in [0.717, 1.165) is 31.1 Å². The van der Waals surface area contributed by atoms with Crippen molar-refractivity contribution in [3.63, 3.8) is 0 Å². The first-order chi connectivity index (χ1) is 11.9. The highest BCUT2D eigenvalue weighted by atomic mass is 19.4. The Balaban J connectivity index is 1.66. The third-order valence-electron chi connectivity index (χ3n) is 4.35. The molecule has 1 unspecified atom stereocenters. The molecule has 0 aliphatic carbocycles. The summed E-state index contributed by atoms with van der Waals surface area (Å²) in [6.07, 6.45) is -0.739. The van der Waals surface area contributed by atoms with Crippen LogP contribution in [0, 0.1) is 6.92 Å². The van der Waals surface area contributed by atoms with Gasteiger partial charge in [-0.25, -0.2) is 9.97 Å². The van der Waals surface area contributed by atoms with Crippen LogP contribution in [-0.2, 0) is 12.7 Å². The van der Waals surface area contributed by atoms with Crippen molar-refractivity contribution in [3.05, 3.63) is 53.3 Å². The van der Waals surface area contributed by atoms with E-state index in [1.54, 1.807) is 18.3 Å². The number of alkyl halides is 3. The molecule has 134 valence electrons. The molecule has 2 heterocycles. The maximum atomic E-state index is 13.2. The molecule has 7 heteroatoms. The van der Waals surface area contributed by atoms with Gasteiger partial charge in [-0.15, -0.1) is 0 Å². The number of likely N-dealkylation sites (tertiary alicyclic amines) is 1. The van der Waals surface area contributed by atoms with Gasteiger partial charge in [0.15, 0.2) is 0 Å². The molecule has 1 aromatic heterocycles. The number of hydrogen-bond donors (Lipinski definition) is 1. The molecule has 0 radical (unpaired) electrons. The molecule has 3 rings (SSSR count). The molecule has 1 saturated heterocycles. The Kier molecular flexibility index (Phi) is 5.22. The fraction of sp³-hybridized carbons (Fsp3) is 0.444. The lowest BCUT2D eigenvalue weighted by Gasteiger charge is -2.33. The van der Waals surface area contributed by atoms with E-state index in [1.807, 2.05) is 13.0 Å². The summed E-state index contributed by atoms with van der Waals surface area (Å²) in [5, 5.41) is 3.30. The average Bonchev–Trinajstić information content (AvgIpc) is 2.55. The molecular weight excluding hydrogens is 329 g/mol. The van der Waals surface area contributed by atoms with Crippen molar-refractivity contribution in [1.82, 2.24) is 14.9 Å². The van der Waals surface area contributed by atoms with Gasteiger partial charge >= 0.3 is 6.18 Å². The van der Waals surface area contributed by atoms with Crippen LogP contribution in [0.4, 0.5) is 19.1 Å². The minimum absolute atomic E-state index is 0.133. The minimum atomic E-state index is -4.32. The fourth-order valence-corrected chi connectivity index (χ4v) is 3.19. The van der Waals surface area contributed by atoms with Crippen LogP contribution in [-0.4, -0.2) is 34.0 Å². The predicted molar refractivity (Wildman–Crippen MR) is 90.1 cm³/mol. The molecule has 4 nitrogen and oxygen atoms in total. The molecule has 1 aliphatic heterocycles. The van der Waals surface area contributed by atoms with Crippen LogP contribution in [0.2, 0.25) is 0 Å². The lowest BCUT2D eigenvalue weighted by Crippen LogP contribution is -2.42. The molecule has 25 heavy (non-hydrogen) atoms. The van der Waals surface area contributed by atoms with Crippen molar-refractivity contribution in [1.29, 1.82) is 0 Å². The zero-order chi connectivity index (χ0) is 17.9. The Labute approximate surface area is 145 Å². The maximum Gasteiger partial charge on any atom is 0.416 e. The lowest BCUT2D eigenvalue weighted by molar-refractivity contribution is -0.138.